The van der Waals surface area contributed by atoms with E-state index in [0.29, 0.717) is 5.56 Å². The zero-order valence-corrected chi connectivity index (χ0v) is 14.5. The van der Waals surface area contributed by atoms with Crippen LogP contribution in [0.2, 0.25) is 10.0 Å². The van der Waals surface area contributed by atoms with Crippen molar-refractivity contribution in [3.8, 4) is 6.07 Å². The van der Waals surface area contributed by atoms with E-state index in [1.165, 1.54) is 18.2 Å². The molecule has 130 valence electrons. The van der Waals surface area contributed by atoms with E-state index in [2.05, 4.69) is 0 Å². The van der Waals surface area contributed by atoms with Crippen LogP contribution in [0.15, 0.2) is 42.5 Å². The molecular formula is C18H12Cl2F3NO. The Morgan fingerprint density at radius 1 is 1.12 bits per heavy atom. The highest BCUT2D eigenvalue weighted by Gasteiger charge is 2.58. The largest absolute Gasteiger partial charge is 0.411 e. The molecule has 0 aromatic heterocycles. The van der Waals surface area contributed by atoms with Gasteiger partial charge in [-0.1, -0.05) is 47.5 Å². The Morgan fingerprint density at radius 3 is 2.16 bits per heavy atom. The second-order valence-electron chi connectivity index (χ2n) is 5.59. The molecule has 25 heavy (non-hydrogen) atoms. The first-order valence-corrected chi connectivity index (χ1v) is 7.90. The maximum absolute atomic E-state index is 13.8. The summed E-state index contributed by atoms with van der Waals surface area (Å²) in [5.41, 5.74) is -2.83. The molecule has 0 fully saturated rings. The number of ketones is 1. The third-order valence-electron chi connectivity index (χ3n) is 3.90. The van der Waals surface area contributed by atoms with Gasteiger partial charge in [-0.3, -0.25) is 4.79 Å². The van der Waals surface area contributed by atoms with E-state index in [1.807, 2.05) is 0 Å². The van der Waals surface area contributed by atoms with Crippen molar-refractivity contribution in [3.63, 3.8) is 0 Å². The molecule has 2 aromatic carbocycles. The quantitative estimate of drug-likeness (QED) is 0.614. The minimum atomic E-state index is -4.99. The lowest BCUT2D eigenvalue weighted by molar-refractivity contribution is -0.172. The highest BCUT2D eigenvalue weighted by molar-refractivity contribution is 6.34. The molecule has 0 heterocycles. The number of benzene rings is 2. The first-order valence-electron chi connectivity index (χ1n) is 7.14. The van der Waals surface area contributed by atoms with Crippen LogP contribution in [-0.2, 0) is 5.41 Å². The molecular weight excluding hydrogens is 374 g/mol. The number of hydrogen-bond acceptors (Lipinski definition) is 2. The number of rotatable bonds is 4. The number of nitrogens with zero attached hydrogens (tertiary/aromatic N) is 1. The zero-order valence-electron chi connectivity index (χ0n) is 13.0. The average Bonchev–Trinajstić information content (AvgIpc) is 2.50. The van der Waals surface area contributed by atoms with Crippen LogP contribution in [0.25, 0.3) is 0 Å². The van der Waals surface area contributed by atoms with Crippen molar-refractivity contribution >= 4 is 29.0 Å². The van der Waals surface area contributed by atoms with Crippen molar-refractivity contribution in [2.75, 3.05) is 0 Å². The van der Waals surface area contributed by atoms with Crippen molar-refractivity contribution in [1.29, 1.82) is 5.26 Å². The molecule has 0 radical (unpaired) electrons. The summed E-state index contributed by atoms with van der Waals surface area (Å²) < 4.78 is 41.5. The predicted molar refractivity (Wildman–Crippen MR) is 89.9 cm³/mol. The van der Waals surface area contributed by atoms with Crippen molar-refractivity contribution in [2.45, 2.75) is 24.9 Å². The van der Waals surface area contributed by atoms with Gasteiger partial charge in [0.2, 0.25) is 0 Å². The second-order valence-corrected chi connectivity index (χ2v) is 6.46. The lowest BCUT2D eigenvalue weighted by Gasteiger charge is -2.29. The number of carbonyl (C=O) groups excluding carboxylic acids is 1. The van der Waals surface area contributed by atoms with Gasteiger partial charge in [-0.15, -0.1) is 0 Å². The zero-order chi connectivity index (χ0) is 18.8. The van der Waals surface area contributed by atoms with Crippen molar-refractivity contribution < 1.29 is 18.0 Å². The number of hydrogen-bond donors (Lipinski definition) is 0. The maximum atomic E-state index is 13.8. The molecule has 0 N–H and O–H groups in total. The molecule has 2 aromatic rings. The van der Waals surface area contributed by atoms with Gasteiger partial charge in [-0.2, -0.15) is 18.4 Å². The third-order valence-corrected chi connectivity index (χ3v) is 4.34. The van der Waals surface area contributed by atoms with Crippen LogP contribution in [0.1, 0.15) is 27.9 Å². The number of alkyl halides is 3. The highest BCUT2D eigenvalue weighted by Crippen LogP contribution is 2.45. The Morgan fingerprint density at radius 2 is 1.68 bits per heavy atom. The van der Waals surface area contributed by atoms with Crippen molar-refractivity contribution in [2.24, 2.45) is 0 Å². The van der Waals surface area contributed by atoms with Crippen LogP contribution in [0.4, 0.5) is 13.2 Å². The molecule has 2 nitrogen and oxygen atoms in total. The molecule has 0 saturated heterocycles. The van der Waals surface area contributed by atoms with Gasteiger partial charge >= 0.3 is 6.18 Å². The van der Waals surface area contributed by atoms with E-state index in [4.69, 9.17) is 23.2 Å². The summed E-state index contributed by atoms with van der Waals surface area (Å²) in [6.45, 7) is 1.62. The van der Waals surface area contributed by atoms with Gasteiger partial charge in [-0.05, 0) is 36.2 Å². The molecule has 0 saturated carbocycles. The molecule has 0 spiro atoms. The Balaban J connectivity index is 2.60. The SMILES string of the molecule is Cc1ccccc1C(=O)C[C@](C#N)(c1cc(Cl)cc(Cl)c1)C(F)(F)F. The molecule has 0 aliphatic rings. The van der Waals surface area contributed by atoms with Gasteiger partial charge in [-0.25, -0.2) is 0 Å². The molecule has 0 bridgehead atoms. The van der Waals surface area contributed by atoms with E-state index >= 15 is 0 Å². The van der Waals surface area contributed by atoms with Gasteiger partial charge in [0.1, 0.15) is 0 Å². The number of aryl methyl sites for hydroxylation is 1. The second kappa shape index (κ2) is 7.07. The summed E-state index contributed by atoms with van der Waals surface area (Å²) in [6, 6.07) is 10.8. The Labute approximate surface area is 152 Å². The average molecular weight is 386 g/mol. The van der Waals surface area contributed by atoms with E-state index in [9.17, 15) is 23.2 Å². The van der Waals surface area contributed by atoms with Gasteiger partial charge in [0.25, 0.3) is 0 Å². The normalized spacial score (nSPS) is 13.8. The van der Waals surface area contributed by atoms with Crippen LogP contribution >= 0.6 is 23.2 Å². The molecule has 0 amide bonds. The maximum Gasteiger partial charge on any atom is 0.411 e. The summed E-state index contributed by atoms with van der Waals surface area (Å²) in [5.74, 6) is -0.784. The smallest absolute Gasteiger partial charge is 0.294 e. The Hall–Kier alpha value is -2.03. The fraction of sp³-hybridized carbons (Fsp3) is 0.222. The van der Waals surface area contributed by atoms with Crippen LogP contribution in [0.3, 0.4) is 0 Å². The van der Waals surface area contributed by atoms with Crippen LogP contribution in [-0.4, -0.2) is 12.0 Å². The topological polar surface area (TPSA) is 40.9 Å². The van der Waals surface area contributed by atoms with Crippen LogP contribution < -0.4 is 0 Å². The summed E-state index contributed by atoms with van der Waals surface area (Å²) in [4.78, 5) is 12.5. The van der Waals surface area contributed by atoms with Crippen molar-refractivity contribution in [1.82, 2.24) is 0 Å². The molecule has 0 unspecified atom stereocenters. The summed E-state index contributed by atoms with van der Waals surface area (Å²) in [7, 11) is 0. The summed E-state index contributed by atoms with van der Waals surface area (Å²) in [5, 5.41) is 9.31. The molecule has 0 aliphatic carbocycles. The van der Waals surface area contributed by atoms with Crippen LogP contribution in [0, 0.1) is 18.3 Å². The lowest BCUT2D eigenvalue weighted by atomic mass is 9.75. The predicted octanol–water partition coefficient (Wildman–Crippen LogP) is 5.90. The number of nitriles is 1. The molecule has 0 aliphatic heterocycles. The van der Waals surface area contributed by atoms with E-state index in [-0.39, 0.29) is 15.6 Å². The standard InChI is InChI=1S/C18H12Cl2F3NO/c1-11-4-2-3-5-15(11)16(25)9-17(10-24,18(21,22)23)12-6-13(19)8-14(20)7-12/h2-8H,9H2,1H3/t17-/m0/s1. The lowest BCUT2D eigenvalue weighted by Crippen LogP contribution is -2.43. The van der Waals surface area contributed by atoms with Crippen molar-refractivity contribution in [3.05, 3.63) is 69.2 Å². The van der Waals surface area contributed by atoms with Gasteiger partial charge in [0.15, 0.2) is 11.2 Å². The fourth-order valence-corrected chi connectivity index (χ4v) is 3.08. The first-order chi connectivity index (χ1) is 11.6. The molecule has 7 heteroatoms. The first kappa shape index (κ1) is 19.3. The van der Waals surface area contributed by atoms with E-state index in [1.54, 1.807) is 25.1 Å². The summed E-state index contributed by atoms with van der Waals surface area (Å²) >= 11 is 11.6. The fourth-order valence-electron chi connectivity index (χ4n) is 2.56. The van der Waals surface area contributed by atoms with Crippen LogP contribution in [0.5, 0.6) is 0 Å². The third kappa shape index (κ3) is 3.81. The van der Waals surface area contributed by atoms with Gasteiger partial charge < -0.3 is 0 Å². The minimum Gasteiger partial charge on any atom is -0.294 e. The highest BCUT2D eigenvalue weighted by atomic mass is 35.5. The van der Waals surface area contributed by atoms with Gasteiger partial charge in [0, 0.05) is 22.0 Å². The van der Waals surface area contributed by atoms with E-state index in [0.717, 1.165) is 12.1 Å². The number of carbonyl (C=O) groups is 1. The van der Waals surface area contributed by atoms with Gasteiger partial charge in [0.05, 0.1) is 6.07 Å². The number of Topliss-reactive ketones (excluding diaryl/α,β-unsaturated/α-hetero) is 1. The van der Waals surface area contributed by atoms with E-state index < -0.39 is 29.4 Å². The molecule has 1 atom stereocenters. The number of halogens is 5. The summed E-state index contributed by atoms with van der Waals surface area (Å²) in [6.07, 6.45) is -6.05. The Kier molecular flexibility index (Phi) is 5.46. The minimum absolute atomic E-state index is 0.0466. The Bertz CT molecular complexity index is 838. The monoisotopic (exact) mass is 385 g/mol. The molecule has 2 rings (SSSR count).